The standard InChI is InChI=1S/C12H22N2O3S/c1-12(13,11(16)17)5-8-18-9-10(15)14-6-3-2-4-7-14/h2-9,13H2,1H3,(H,16,17). The minimum absolute atomic E-state index is 0.161. The molecule has 1 amide bonds. The molecule has 0 aromatic carbocycles. The van der Waals surface area contributed by atoms with Crippen LogP contribution in [0.25, 0.3) is 0 Å². The van der Waals surface area contributed by atoms with E-state index in [4.69, 9.17) is 10.8 Å². The lowest BCUT2D eigenvalue weighted by molar-refractivity contribution is -0.142. The maximum absolute atomic E-state index is 11.8. The Morgan fingerprint density at radius 1 is 1.33 bits per heavy atom. The Kier molecular flexibility index (Phi) is 5.95. The summed E-state index contributed by atoms with van der Waals surface area (Å²) in [7, 11) is 0. The van der Waals surface area contributed by atoms with Gasteiger partial charge in [-0.25, -0.2) is 0 Å². The lowest BCUT2D eigenvalue weighted by Gasteiger charge is -2.26. The Morgan fingerprint density at radius 3 is 2.50 bits per heavy atom. The summed E-state index contributed by atoms with van der Waals surface area (Å²) in [5.74, 6) is 0.188. The van der Waals surface area contributed by atoms with Gasteiger partial charge in [0.15, 0.2) is 0 Å². The summed E-state index contributed by atoms with van der Waals surface area (Å²) in [5.41, 5.74) is 4.42. The van der Waals surface area contributed by atoms with Gasteiger partial charge in [0.05, 0.1) is 5.75 Å². The molecule has 0 aromatic heterocycles. The quantitative estimate of drug-likeness (QED) is 0.704. The number of carbonyl (C=O) groups excluding carboxylic acids is 1. The van der Waals surface area contributed by atoms with Crippen molar-refractivity contribution in [1.29, 1.82) is 0 Å². The highest BCUT2D eigenvalue weighted by Gasteiger charge is 2.27. The molecule has 1 fully saturated rings. The molecule has 1 heterocycles. The zero-order valence-electron chi connectivity index (χ0n) is 10.9. The second kappa shape index (κ2) is 6.99. The molecule has 0 radical (unpaired) electrons. The van der Waals surface area contributed by atoms with Gasteiger partial charge in [-0.1, -0.05) is 0 Å². The predicted octanol–water partition coefficient (Wildman–Crippen LogP) is 0.924. The highest BCUT2D eigenvalue weighted by atomic mass is 32.2. The Balaban J connectivity index is 2.17. The molecule has 6 heteroatoms. The van der Waals surface area contributed by atoms with Crippen LogP contribution in [0.15, 0.2) is 0 Å². The van der Waals surface area contributed by atoms with E-state index in [0.29, 0.717) is 17.9 Å². The van der Waals surface area contributed by atoms with Crippen molar-refractivity contribution < 1.29 is 14.7 Å². The van der Waals surface area contributed by atoms with Crippen LogP contribution in [0.3, 0.4) is 0 Å². The maximum atomic E-state index is 11.8. The molecule has 0 aromatic rings. The molecule has 0 saturated carbocycles. The summed E-state index contributed by atoms with van der Waals surface area (Å²) < 4.78 is 0. The maximum Gasteiger partial charge on any atom is 0.323 e. The molecule has 1 unspecified atom stereocenters. The number of carboxylic acids is 1. The van der Waals surface area contributed by atoms with Gasteiger partial charge in [0.2, 0.25) is 5.91 Å². The van der Waals surface area contributed by atoms with Crippen molar-refractivity contribution in [2.24, 2.45) is 5.73 Å². The first-order chi connectivity index (χ1) is 8.43. The number of aliphatic carboxylic acids is 1. The number of rotatable bonds is 6. The topological polar surface area (TPSA) is 83.6 Å². The Bertz CT molecular complexity index is 302. The zero-order valence-corrected chi connectivity index (χ0v) is 11.7. The largest absolute Gasteiger partial charge is 0.480 e. The number of likely N-dealkylation sites (tertiary alicyclic amines) is 1. The molecule has 1 atom stereocenters. The van der Waals surface area contributed by atoms with Crippen LogP contribution in [-0.2, 0) is 9.59 Å². The summed E-state index contributed by atoms with van der Waals surface area (Å²) in [6.45, 7) is 3.23. The minimum Gasteiger partial charge on any atom is -0.480 e. The number of piperidine rings is 1. The van der Waals surface area contributed by atoms with Crippen molar-refractivity contribution in [3.8, 4) is 0 Å². The van der Waals surface area contributed by atoms with E-state index in [1.807, 2.05) is 4.90 Å². The van der Waals surface area contributed by atoms with Crippen LogP contribution in [0.1, 0.15) is 32.6 Å². The summed E-state index contributed by atoms with van der Waals surface area (Å²) in [6.07, 6.45) is 3.77. The first-order valence-electron chi connectivity index (χ1n) is 6.31. The number of thioether (sulfide) groups is 1. The van der Waals surface area contributed by atoms with Gasteiger partial charge >= 0.3 is 5.97 Å². The summed E-state index contributed by atoms with van der Waals surface area (Å²) in [5, 5.41) is 8.84. The van der Waals surface area contributed by atoms with E-state index in [1.54, 1.807) is 0 Å². The number of carboxylic acid groups (broad SMARTS) is 1. The van der Waals surface area contributed by atoms with E-state index in [9.17, 15) is 9.59 Å². The third-order valence-electron chi connectivity index (χ3n) is 3.19. The molecule has 18 heavy (non-hydrogen) atoms. The van der Waals surface area contributed by atoms with Crippen LogP contribution >= 0.6 is 11.8 Å². The van der Waals surface area contributed by atoms with Gasteiger partial charge in [0, 0.05) is 13.1 Å². The molecule has 1 rings (SSSR count). The van der Waals surface area contributed by atoms with Crippen molar-refractivity contribution in [3.63, 3.8) is 0 Å². The molecule has 0 spiro atoms. The van der Waals surface area contributed by atoms with Crippen molar-refractivity contribution in [3.05, 3.63) is 0 Å². The Morgan fingerprint density at radius 2 is 1.94 bits per heavy atom. The van der Waals surface area contributed by atoms with E-state index in [0.717, 1.165) is 25.9 Å². The van der Waals surface area contributed by atoms with Gasteiger partial charge in [0.25, 0.3) is 0 Å². The minimum atomic E-state index is -1.19. The fraction of sp³-hybridized carbons (Fsp3) is 0.833. The van der Waals surface area contributed by atoms with E-state index in [2.05, 4.69) is 0 Å². The zero-order chi connectivity index (χ0) is 13.6. The third-order valence-corrected chi connectivity index (χ3v) is 4.13. The Hall–Kier alpha value is -0.750. The van der Waals surface area contributed by atoms with Crippen LogP contribution < -0.4 is 5.73 Å². The number of hydrogen-bond acceptors (Lipinski definition) is 4. The number of hydrogen-bond donors (Lipinski definition) is 2. The van der Waals surface area contributed by atoms with E-state index < -0.39 is 11.5 Å². The summed E-state index contributed by atoms with van der Waals surface area (Å²) in [6, 6.07) is 0. The van der Waals surface area contributed by atoms with Crippen molar-refractivity contribution in [2.45, 2.75) is 38.1 Å². The first kappa shape index (κ1) is 15.3. The van der Waals surface area contributed by atoms with Crippen molar-refractivity contribution >= 4 is 23.6 Å². The van der Waals surface area contributed by atoms with Gasteiger partial charge in [-0.2, -0.15) is 11.8 Å². The van der Waals surface area contributed by atoms with Gasteiger partial charge < -0.3 is 15.7 Å². The molecule has 1 aliphatic heterocycles. The molecular formula is C12H22N2O3S. The molecule has 1 aliphatic rings. The fourth-order valence-electron chi connectivity index (χ4n) is 1.79. The van der Waals surface area contributed by atoms with E-state index in [1.165, 1.54) is 25.1 Å². The molecule has 1 saturated heterocycles. The van der Waals surface area contributed by atoms with Gasteiger partial charge in [-0.05, 0) is 38.4 Å². The molecular weight excluding hydrogens is 252 g/mol. The fourth-order valence-corrected chi connectivity index (χ4v) is 2.86. The molecule has 0 bridgehead atoms. The lowest BCUT2D eigenvalue weighted by Crippen LogP contribution is -2.45. The lowest BCUT2D eigenvalue weighted by atomic mass is 10.0. The van der Waals surface area contributed by atoms with Crippen LogP contribution in [-0.4, -0.2) is 52.0 Å². The van der Waals surface area contributed by atoms with Gasteiger partial charge in [0.1, 0.15) is 5.54 Å². The first-order valence-corrected chi connectivity index (χ1v) is 7.47. The van der Waals surface area contributed by atoms with Crippen LogP contribution in [0, 0.1) is 0 Å². The normalized spacial score (nSPS) is 19.3. The monoisotopic (exact) mass is 274 g/mol. The average molecular weight is 274 g/mol. The number of amides is 1. The second-order valence-electron chi connectivity index (χ2n) is 4.97. The molecule has 5 nitrogen and oxygen atoms in total. The predicted molar refractivity (Wildman–Crippen MR) is 72.6 cm³/mol. The van der Waals surface area contributed by atoms with Gasteiger partial charge in [-0.3, -0.25) is 9.59 Å². The van der Waals surface area contributed by atoms with Crippen LogP contribution in [0.4, 0.5) is 0 Å². The summed E-state index contributed by atoms with van der Waals surface area (Å²) >= 11 is 1.46. The van der Waals surface area contributed by atoms with Crippen LogP contribution in [0.2, 0.25) is 0 Å². The average Bonchev–Trinajstić information content (AvgIpc) is 2.35. The van der Waals surface area contributed by atoms with E-state index in [-0.39, 0.29) is 5.91 Å². The number of carbonyl (C=O) groups is 2. The van der Waals surface area contributed by atoms with Gasteiger partial charge in [-0.15, -0.1) is 0 Å². The van der Waals surface area contributed by atoms with Crippen LogP contribution in [0.5, 0.6) is 0 Å². The Labute approximate surface area is 112 Å². The molecule has 3 N–H and O–H groups in total. The SMILES string of the molecule is CC(N)(CCSCC(=O)N1CCCCC1)C(=O)O. The third kappa shape index (κ3) is 4.86. The van der Waals surface area contributed by atoms with Crippen molar-refractivity contribution in [2.75, 3.05) is 24.6 Å². The second-order valence-corrected chi connectivity index (χ2v) is 6.07. The van der Waals surface area contributed by atoms with Crippen molar-refractivity contribution in [1.82, 2.24) is 4.90 Å². The molecule has 0 aliphatic carbocycles. The highest BCUT2D eigenvalue weighted by molar-refractivity contribution is 7.99. The smallest absolute Gasteiger partial charge is 0.323 e. The highest BCUT2D eigenvalue weighted by Crippen LogP contribution is 2.14. The molecule has 104 valence electrons. The summed E-state index contributed by atoms with van der Waals surface area (Å²) in [4.78, 5) is 24.5. The number of nitrogens with two attached hydrogens (primary N) is 1. The number of nitrogens with zero attached hydrogens (tertiary/aromatic N) is 1. The van der Waals surface area contributed by atoms with E-state index >= 15 is 0 Å².